The van der Waals surface area contributed by atoms with Gasteiger partial charge in [0.1, 0.15) is 12.4 Å². The lowest BCUT2D eigenvalue weighted by Crippen LogP contribution is -2.52. The summed E-state index contributed by atoms with van der Waals surface area (Å²) in [7, 11) is 0. The van der Waals surface area contributed by atoms with Gasteiger partial charge in [-0.25, -0.2) is 4.39 Å². The molecule has 2 aliphatic carbocycles. The average Bonchev–Trinajstić information content (AvgIpc) is 3.38. The number of anilines is 1. The van der Waals surface area contributed by atoms with Crippen molar-refractivity contribution in [2.75, 3.05) is 37.6 Å². The normalized spacial score (nSPS) is 31.1. The van der Waals surface area contributed by atoms with Crippen molar-refractivity contribution in [3.63, 3.8) is 0 Å². The minimum atomic E-state index is -0.273. The number of benzene rings is 1. The second kappa shape index (κ2) is 6.43. The molecule has 1 aromatic rings. The number of hydrogen-bond donors (Lipinski definition) is 0. The van der Waals surface area contributed by atoms with Crippen molar-refractivity contribution in [1.82, 2.24) is 9.80 Å². The van der Waals surface area contributed by atoms with E-state index in [1.54, 1.807) is 23.1 Å². The highest BCUT2D eigenvalue weighted by molar-refractivity contribution is 6.08. The van der Waals surface area contributed by atoms with Gasteiger partial charge in [-0.1, -0.05) is 24.3 Å². The third kappa shape index (κ3) is 2.56. The zero-order valence-electron chi connectivity index (χ0n) is 15.5. The van der Waals surface area contributed by atoms with E-state index in [9.17, 15) is 18.8 Å². The van der Waals surface area contributed by atoms with Crippen LogP contribution in [0.2, 0.25) is 0 Å². The number of nitrogens with zero attached hydrogens (tertiary/aromatic N) is 3. The highest BCUT2D eigenvalue weighted by Crippen LogP contribution is 2.52. The number of rotatable bonds is 3. The lowest BCUT2D eigenvalue weighted by atomic mass is 9.85. The fraction of sp³-hybridized carbons (Fsp3) is 0.476. The van der Waals surface area contributed by atoms with Crippen molar-refractivity contribution in [3.05, 3.63) is 42.2 Å². The summed E-state index contributed by atoms with van der Waals surface area (Å²) in [5, 5.41) is 0. The van der Waals surface area contributed by atoms with Gasteiger partial charge in [-0.3, -0.25) is 19.3 Å². The van der Waals surface area contributed by atoms with Crippen molar-refractivity contribution in [2.24, 2.45) is 23.7 Å². The Morgan fingerprint density at radius 1 is 0.964 bits per heavy atom. The van der Waals surface area contributed by atoms with Crippen molar-refractivity contribution < 1.29 is 18.8 Å². The largest absolute Gasteiger partial charge is 0.366 e. The Hall–Kier alpha value is -2.70. The highest BCUT2D eigenvalue weighted by Gasteiger charge is 2.59. The maximum Gasteiger partial charge on any atom is 0.242 e. The molecule has 2 aliphatic heterocycles. The number of halogens is 1. The van der Waals surface area contributed by atoms with Gasteiger partial charge in [0.2, 0.25) is 17.7 Å². The summed E-state index contributed by atoms with van der Waals surface area (Å²) in [4.78, 5) is 42.9. The predicted molar refractivity (Wildman–Crippen MR) is 99.6 cm³/mol. The molecular formula is C21H22FN3O3. The van der Waals surface area contributed by atoms with Crippen molar-refractivity contribution in [3.8, 4) is 0 Å². The fourth-order valence-corrected chi connectivity index (χ4v) is 5.26. The molecule has 0 spiro atoms. The third-order valence-corrected chi connectivity index (χ3v) is 6.68. The number of hydrogen-bond acceptors (Lipinski definition) is 4. The van der Waals surface area contributed by atoms with Crippen molar-refractivity contribution >= 4 is 23.4 Å². The molecule has 146 valence electrons. The third-order valence-electron chi connectivity index (χ3n) is 6.68. The molecule has 5 rings (SSSR count). The minimum Gasteiger partial charge on any atom is -0.366 e. The Labute approximate surface area is 162 Å². The van der Waals surface area contributed by atoms with Crippen molar-refractivity contribution in [1.29, 1.82) is 0 Å². The average molecular weight is 383 g/mol. The first kappa shape index (κ1) is 17.4. The molecule has 0 N–H and O–H groups in total. The highest BCUT2D eigenvalue weighted by atomic mass is 19.1. The van der Waals surface area contributed by atoms with Crippen LogP contribution in [0, 0.1) is 29.5 Å². The van der Waals surface area contributed by atoms with Crippen LogP contribution in [0.3, 0.4) is 0 Å². The Kier molecular flexibility index (Phi) is 4.00. The van der Waals surface area contributed by atoms with E-state index in [1.807, 2.05) is 17.1 Å². The molecule has 0 radical (unpaired) electrons. The van der Waals surface area contributed by atoms with Crippen LogP contribution in [-0.4, -0.2) is 60.2 Å². The second-order valence-electron chi connectivity index (χ2n) is 8.08. The molecule has 0 aromatic heterocycles. The lowest BCUT2D eigenvalue weighted by Gasteiger charge is -2.36. The van der Waals surface area contributed by atoms with Gasteiger partial charge >= 0.3 is 0 Å². The molecule has 6 nitrogen and oxygen atoms in total. The van der Waals surface area contributed by atoms with E-state index in [0.717, 1.165) is 6.42 Å². The Morgan fingerprint density at radius 3 is 2.18 bits per heavy atom. The monoisotopic (exact) mass is 383 g/mol. The van der Waals surface area contributed by atoms with Crippen LogP contribution >= 0.6 is 0 Å². The lowest BCUT2D eigenvalue weighted by molar-refractivity contribution is -0.147. The van der Waals surface area contributed by atoms with Crippen LogP contribution in [0.4, 0.5) is 10.1 Å². The summed E-state index contributed by atoms with van der Waals surface area (Å²) in [5.41, 5.74) is 0.537. The zero-order valence-corrected chi connectivity index (χ0v) is 15.5. The summed E-state index contributed by atoms with van der Waals surface area (Å²) < 4.78 is 14.0. The number of likely N-dealkylation sites (tertiary alicyclic amines) is 1. The smallest absolute Gasteiger partial charge is 0.242 e. The Bertz CT molecular complexity index is 847. The van der Waals surface area contributed by atoms with E-state index in [4.69, 9.17) is 0 Å². The van der Waals surface area contributed by atoms with Crippen LogP contribution < -0.4 is 4.90 Å². The van der Waals surface area contributed by atoms with E-state index in [-0.39, 0.29) is 53.8 Å². The minimum absolute atomic E-state index is 0.149. The molecule has 28 heavy (non-hydrogen) atoms. The molecule has 2 heterocycles. The van der Waals surface area contributed by atoms with Gasteiger partial charge in [0.05, 0.1) is 17.5 Å². The first-order valence-electron chi connectivity index (χ1n) is 9.85. The number of para-hydroxylation sites is 1. The van der Waals surface area contributed by atoms with E-state index in [2.05, 4.69) is 0 Å². The van der Waals surface area contributed by atoms with Gasteiger partial charge in [-0.15, -0.1) is 0 Å². The standard InChI is InChI=1S/C21H22FN3O3/c22-15-3-1-2-4-16(15)23-7-9-24(10-8-23)17(26)12-25-20(27)18-13-5-6-14(11-13)19(18)21(25)28/h1-6,13-14,18-19H,7-12H2/t13-,14-,18+,19+/m0/s1. The number of fused-ring (bicyclic) bond motifs is 5. The molecule has 4 aliphatic rings. The maximum atomic E-state index is 14.0. The SMILES string of the molecule is O=C(CN1C(=O)[C@H]2[C@H](C1=O)[C@H]1C=C[C@H]2C1)N1CCN(c2ccccc2F)CC1. The number of imide groups is 1. The van der Waals surface area contributed by atoms with E-state index in [1.165, 1.54) is 11.0 Å². The summed E-state index contributed by atoms with van der Waals surface area (Å²) >= 11 is 0. The quantitative estimate of drug-likeness (QED) is 0.583. The molecule has 3 fully saturated rings. The molecule has 0 unspecified atom stereocenters. The molecule has 2 saturated heterocycles. The summed E-state index contributed by atoms with van der Waals surface area (Å²) in [6, 6.07) is 6.60. The van der Waals surface area contributed by atoms with Crippen LogP contribution in [-0.2, 0) is 14.4 Å². The second-order valence-corrected chi connectivity index (χ2v) is 8.08. The van der Waals surface area contributed by atoms with E-state index < -0.39 is 0 Å². The first-order valence-corrected chi connectivity index (χ1v) is 9.85. The topological polar surface area (TPSA) is 60.9 Å². The number of piperazine rings is 1. The maximum absolute atomic E-state index is 14.0. The van der Waals surface area contributed by atoms with Crippen LogP contribution in [0.25, 0.3) is 0 Å². The van der Waals surface area contributed by atoms with Gasteiger partial charge in [0, 0.05) is 26.2 Å². The van der Waals surface area contributed by atoms with Crippen LogP contribution in [0.1, 0.15) is 6.42 Å². The van der Waals surface area contributed by atoms with Gasteiger partial charge in [0.25, 0.3) is 0 Å². The van der Waals surface area contributed by atoms with Gasteiger partial charge in [0.15, 0.2) is 0 Å². The molecule has 7 heteroatoms. The summed E-state index contributed by atoms with van der Waals surface area (Å²) in [6.45, 7) is 1.76. The molecule has 4 atom stereocenters. The van der Waals surface area contributed by atoms with Crippen molar-refractivity contribution in [2.45, 2.75) is 6.42 Å². The van der Waals surface area contributed by atoms with Crippen LogP contribution in [0.5, 0.6) is 0 Å². The molecule has 2 bridgehead atoms. The first-order chi connectivity index (χ1) is 13.5. The predicted octanol–water partition coefficient (Wildman–Crippen LogP) is 1.28. The molecule has 1 aromatic carbocycles. The van der Waals surface area contributed by atoms with E-state index in [0.29, 0.717) is 31.9 Å². The number of carbonyl (C=O) groups excluding carboxylic acids is 3. The Balaban J connectivity index is 1.21. The Morgan fingerprint density at radius 2 is 1.57 bits per heavy atom. The van der Waals surface area contributed by atoms with E-state index >= 15 is 0 Å². The fourth-order valence-electron chi connectivity index (χ4n) is 5.26. The summed E-state index contributed by atoms with van der Waals surface area (Å²) in [6.07, 6.45) is 4.97. The summed E-state index contributed by atoms with van der Waals surface area (Å²) in [5.74, 6) is -1.11. The van der Waals surface area contributed by atoms with Crippen LogP contribution in [0.15, 0.2) is 36.4 Å². The number of amides is 3. The molecule has 3 amide bonds. The molecular weight excluding hydrogens is 361 g/mol. The van der Waals surface area contributed by atoms with Gasteiger partial charge in [-0.05, 0) is 30.4 Å². The molecule has 1 saturated carbocycles. The van der Waals surface area contributed by atoms with Gasteiger partial charge in [-0.2, -0.15) is 0 Å². The van der Waals surface area contributed by atoms with Gasteiger partial charge < -0.3 is 9.80 Å². The number of carbonyl (C=O) groups is 3. The zero-order chi connectivity index (χ0) is 19.4. The number of allylic oxidation sites excluding steroid dienone is 2.